The second-order valence-corrected chi connectivity index (χ2v) is 6.52. The number of aryl methyl sites for hydroxylation is 1. The summed E-state index contributed by atoms with van der Waals surface area (Å²) in [4.78, 5) is 16.3. The maximum atomic E-state index is 13.5. The Morgan fingerprint density at radius 2 is 1.79 bits per heavy atom. The van der Waals surface area contributed by atoms with Crippen LogP contribution in [0.2, 0.25) is 0 Å². The van der Waals surface area contributed by atoms with E-state index in [2.05, 4.69) is 0 Å². The van der Waals surface area contributed by atoms with Gasteiger partial charge in [0.2, 0.25) is 0 Å². The Hall–Kier alpha value is -2.56. The zero-order chi connectivity index (χ0) is 17.5. The molecular formula is C19H21FN2O2. The van der Waals surface area contributed by atoms with Gasteiger partial charge < -0.3 is 14.5 Å². The summed E-state index contributed by atoms with van der Waals surface area (Å²) in [5.41, 5.74) is 1.84. The number of para-hydroxylation sites is 2. The Kier molecular flexibility index (Phi) is 3.95. The predicted molar refractivity (Wildman–Crippen MR) is 93.0 cm³/mol. The van der Waals surface area contributed by atoms with Crippen LogP contribution in [-0.2, 0) is 4.79 Å². The second kappa shape index (κ2) is 5.82. The lowest BCUT2D eigenvalue weighted by Gasteiger charge is -2.46. The Morgan fingerprint density at radius 1 is 1.12 bits per heavy atom. The van der Waals surface area contributed by atoms with Crippen LogP contribution in [0.3, 0.4) is 0 Å². The van der Waals surface area contributed by atoms with Crippen LogP contribution in [-0.4, -0.2) is 25.2 Å². The highest BCUT2D eigenvalue weighted by Gasteiger charge is 2.43. The molecule has 1 heterocycles. The van der Waals surface area contributed by atoms with Crippen molar-refractivity contribution in [1.82, 2.24) is 0 Å². The number of fused-ring (bicyclic) bond motifs is 1. The molecule has 0 aliphatic carbocycles. The molecule has 1 amide bonds. The number of rotatable bonds is 3. The molecule has 3 rings (SSSR count). The smallest absolute Gasteiger partial charge is 0.252 e. The van der Waals surface area contributed by atoms with Gasteiger partial charge in [0.05, 0.1) is 11.4 Å². The molecule has 0 fully saturated rings. The fourth-order valence-electron chi connectivity index (χ4n) is 3.01. The fraction of sp³-hybridized carbons (Fsp3) is 0.316. The lowest BCUT2D eigenvalue weighted by molar-refractivity contribution is -0.123. The molecule has 0 saturated carbocycles. The fourth-order valence-corrected chi connectivity index (χ4v) is 3.01. The highest BCUT2D eigenvalue weighted by molar-refractivity contribution is 6.07. The normalized spacial score (nSPS) is 16.1. The molecule has 0 aromatic heterocycles. The average molecular weight is 328 g/mol. The maximum absolute atomic E-state index is 13.5. The van der Waals surface area contributed by atoms with Gasteiger partial charge in [-0.05, 0) is 44.5 Å². The molecule has 0 radical (unpaired) electrons. The number of ether oxygens (including phenoxy) is 1. The average Bonchev–Trinajstić information content (AvgIpc) is 2.56. The van der Waals surface area contributed by atoms with Crippen molar-refractivity contribution in [2.45, 2.75) is 26.3 Å². The number of nitrogens with zero attached hydrogens (tertiary/aromatic N) is 2. The van der Waals surface area contributed by atoms with Gasteiger partial charge in [-0.15, -0.1) is 0 Å². The van der Waals surface area contributed by atoms with Gasteiger partial charge in [0.15, 0.2) is 6.73 Å². The van der Waals surface area contributed by atoms with E-state index in [9.17, 15) is 9.18 Å². The minimum atomic E-state index is -0.760. The van der Waals surface area contributed by atoms with Gasteiger partial charge in [-0.3, -0.25) is 4.79 Å². The van der Waals surface area contributed by atoms with Crippen LogP contribution in [0.15, 0.2) is 42.5 Å². The molecule has 2 aromatic carbocycles. The summed E-state index contributed by atoms with van der Waals surface area (Å²) in [7, 11) is 1.78. The molecular weight excluding hydrogens is 307 g/mol. The van der Waals surface area contributed by atoms with E-state index in [0.29, 0.717) is 5.75 Å². The number of amides is 1. The van der Waals surface area contributed by atoms with Gasteiger partial charge in [0.25, 0.3) is 5.91 Å². The molecule has 1 aliphatic rings. The third-order valence-electron chi connectivity index (χ3n) is 4.54. The third-order valence-corrected chi connectivity index (χ3v) is 4.54. The summed E-state index contributed by atoms with van der Waals surface area (Å²) in [6, 6.07) is 12.1. The van der Waals surface area contributed by atoms with Crippen LogP contribution in [0.25, 0.3) is 0 Å². The number of carbonyl (C=O) groups is 1. The number of benzene rings is 2. The maximum Gasteiger partial charge on any atom is 0.252 e. The van der Waals surface area contributed by atoms with Crippen LogP contribution >= 0.6 is 0 Å². The van der Waals surface area contributed by atoms with Crippen molar-refractivity contribution in [2.24, 2.45) is 0 Å². The summed E-state index contributed by atoms with van der Waals surface area (Å²) in [5, 5.41) is 0. The van der Waals surface area contributed by atoms with Crippen LogP contribution in [0.1, 0.15) is 19.4 Å². The second-order valence-electron chi connectivity index (χ2n) is 6.52. The number of carbonyl (C=O) groups excluding carboxylic acids is 1. The van der Waals surface area contributed by atoms with Crippen molar-refractivity contribution < 1.29 is 13.9 Å². The summed E-state index contributed by atoms with van der Waals surface area (Å²) < 4.78 is 19.3. The summed E-state index contributed by atoms with van der Waals surface area (Å²) in [6.07, 6.45) is 0. The van der Waals surface area contributed by atoms with Crippen LogP contribution in [0, 0.1) is 12.7 Å². The van der Waals surface area contributed by atoms with Crippen molar-refractivity contribution >= 4 is 17.3 Å². The van der Waals surface area contributed by atoms with Crippen LogP contribution in [0.4, 0.5) is 15.8 Å². The van der Waals surface area contributed by atoms with E-state index in [1.807, 2.05) is 49.9 Å². The lowest BCUT2D eigenvalue weighted by Crippen LogP contribution is -2.60. The van der Waals surface area contributed by atoms with E-state index in [1.54, 1.807) is 18.0 Å². The van der Waals surface area contributed by atoms with E-state index in [-0.39, 0.29) is 18.5 Å². The van der Waals surface area contributed by atoms with Crippen molar-refractivity contribution in [3.05, 3.63) is 53.8 Å². The van der Waals surface area contributed by atoms with E-state index >= 15 is 0 Å². The minimum Gasteiger partial charge on any atom is -0.473 e. The first kappa shape index (κ1) is 16.3. The van der Waals surface area contributed by atoms with Gasteiger partial charge in [-0.1, -0.05) is 18.2 Å². The molecule has 0 spiro atoms. The Balaban J connectivity index is 1.95. The highest BCUT2D eigenvalue weighted by atomic mass is 19.1. The van der Waals surface area contributed by atoms with E-state index < -0.39 is 5.54 Å². The Morgan fingerprint density at radius 3 is 2.50 bits per heavy atom. The molecule has 126 valence electrons. The number of likely N-dealkylation sites (N-methyl/N-ethyl adjacent to an activating group) is 1. The van der Waals surface area contributed by atoms with Gasteiger partial charge in [0, 0.05) is 13.1 Å². The van der Waals surface area contributed by atoms with Crippen molar-refractivity contribution in [3.8, 4) is 5.75 Å². The molecule has 0 N–H and O–H groups in total. The molecule has 0 atom stereocenters. The zero-order valence-electron chi connectivity index (χ0n) is 14.3. The predicted octanol–water partition coefficient (Wildman–Crippen LogP) is 3.73. The minimum absolute atomic E-state index is 0.0132. The summed E-state index contributed by atoms with van der Waals surface area (Å²) in [6.45, 7) is 5.75. The van der Waals surface area contributed by atoms with Gasteiger partial charge in [-0.25, -0.2) is 4.39 Å². The first-order chi connectivity index (χ1) is 11.3. The van der Waals surface area contributed by atoms with E-state index in [1.165, 1.54) is 12.1 Å². The number of anilines is 2. The zero-order valence-corrected chi connectivity index (χ0v) is 14.3. The molecule has 1 aliphatic heterocycles. The third kappa shape index (κ3) is 2.60. The van der Waals surface area contributed by atoms with Gasteiger partial charge in [-0.2, -0.15) is 0 Å². The first-order valence-corrected chi connectivity index (χ1v) is 7.86. The number of halogens is 1. The quantitative estimate of drug-likeness (QED) is 0.860. The van der Waals surface area contributed by atoms with Crippen LogP contribution < -0.4 is 14.5 Å². The summed E-state index contributed by atoms with van der Waals surface area (Å²) >= 11 is 0. The molecule has 24 heavy (non-hydrogen) atoms. The Bertz CT molecular complexity index is 789. The SMILES string of the molecule is Cc1ccc(F)cc1OCN1c2ccccc2N(C)C(=O)C1(C)C. The van der Waals surface area contributed by atoms with Gasteiger partial charge >= 0.3 is 0 Å². The van der Waals surface area contributed by atoms with Crippen molar-refractivity contribution in [3.63, 3.8) is 0 Å². The molecule has 2 aromatic rings. The van der Waals surface area contributed by atoms with Crippen LogP contribution in [0.5, 0.6) is 5.75 Å². The standard InChI is InChI=1S/C19H21FN2O2/c1-13-9-10-14(20)11-17(13)24-12-22-16-8-6-5-7-15(16)21(4)18(23)19(22,2)3/h5-11H,12H2,1-4H3. The van der Waals surface area contributed by atoms with Gasteiger partial charge in [0.1, 0.15) is 17.1 Å². The molecule has 4 nitrogen and oxygen atoms in total. The molecule has 0 saturated heterocycles. The molecule has 0 unspecified atom stereocenters. The van der Waals surface area contributed by atoms with Crippen molar-refractivity contribution in [2.75, 3.05) is 23.6 Å². The largest absolute Gasteiger partial charge is 0.473 e. The lowest BCUT2D eigenvalue weighted by atomic mass is 9.96. The van der Waals surface area contributed by atoms with Crippen molar-refractivity contribution in [1.29, 1.82) is 0 Å². The monoisotopic (exact) mass is 328 g/mol. The number of hydrogen-bond acceptors (Lipinski definition) is 3. The highest BCUT2D eigenvalue weighted by Crippen LogP contribution is 2.39. The molecule has 0 bridgehead atoms. The first-order valence-electron chi connectivity index (χ1n) is 7.86. The molecule has 5 heteroatoms. The topological polar surface area (TPSA) is 32.8 Å². The van der Waals surface area contributed by atoms with E-state index in [4.69, 9.17) is 4.74 Å². The Labute approximate surface area is 141 Å². The number of hydrogen-bond donors (Lipinski definition) is 0. The van der Waals surface area contributed by atoms with E-state index in [0.717, 1.165) is 16.9 Å². The summed E-state index contributed by atoms with van der Waals surface area (Å²) in [5.74, 6) is 0.125.